The fourth-order valence-electron chi connectivity index (χ4n) is 4.07. The summed E-state index contributed by atoms with van der Waals surface area (Å²) in [6, 6.07) is 11.6. The molecule has 1 saturated heterocycles. The Hall–Kier alpha value is -3.94. The van der Waals surface area contributed by atoms with Crippen molar-refractivity contribution in [2.24, 2.45) is 0 Å². The number of H-pyrrole nitrogens is 1. The highest BCUT2D eigenvalue weighted by Crippen LogP contribution is 2.39. The summed E-state index contributed by atoms with van der Waals surface area (Å²) < 4.78 is 21.0. The van der Waals surface area contributed by atoms with Gasteiger partial charge in [-0.3, -0.25) is 14.6 Å². The molecule has 2 heterocycles. The number of halogens is 1. The number of nitrogens with zero attached hydrogens (tertiary/aromatic N) is 2. The SMILES string of the molecule is CCCOc1ccc(C2/C(=C(\O)c3ccc(F)cc3)C(=O)C(=O)N2CCC[n+]2cc[nH]c2)cc1. The van der Waals surface area contributed by atoms with Crippen molar-refractivity contribution in [1.29, 1.82) is 0 Å². The van der Waals surface area contributed by atoms with E-state index in [0.29, 0.717) is 37.4 Å². The molecule has 1 atom stereocenters. The van der Waals surface area contributed by atoms with Crippen LogP contribution in [0.5, 0.6) is 5.75 Å². The highest BCUT2D eigenvalue weighted by atomic mass is 19.1. The molecule has 1 unspecified atom stereocenters. The molecule has 8 heteroatoms. The van der Waals surface area contributed by atoms with Crippen LogP contribution in [0.4, 0.5) is 4.39 Å². The van der Waals surface area contributed by atoms with Crippen LogP contribution >= 0.6 is 0 Å². The van der Waals surface area contributed by atoms with Gasteiger partial charge in [0.15, 0.2) is 0 Å². The van der Waals surface area contributed by atoms with Gasteiger partial charge in [-0.1, -0.05) is 19.1 Å². The van der Waals surface area contributed by atoms with E-state index < -0.39 is 23.5 Å². The van der Waals surface area contributed by atoms with Gasteiger partial charge in [-0.25, -0.2) is 8.96 Å². The number of hydrogen-bond donors (Lipinski definition) is 2. The van der Waals surface area contributed by atoms with Gasteiger partial charge in [-0.05, 0) is 48.4 Å². The fourth-order valence-corrected chi connectivity index (χ4v) is 4.07. The Balaban J connectivity index is 1.69. The van der Waals surface area contributed by atoms with Crippen molar-refractivity contribution in [2.75, 3.05) is 13.2 Å². The number of ether oxygens (including phenoxy) is 1. The van der Waals surface area contributed by atoms with Crippen LogP contribution in [0, 0.1) is 5.82 Å². The van der Waals surface area contributed by atoms with Gasteiger partial charge in [0, 0.05) is 18.5 Å². The molecule has 1 aliphatic heterocycles. The van der Waals surface area contributed by atoms with E-state index in [2.05, 4.69) is 4.98 Å². The number of nitrogens with one attached hydrogen (secondary N) is 1. The molecule has 0 aliphatic carbocycles. The molecule has 7 nitrogen and oxygen atoms in total. The molecule has 1 aliphatic rings. The quantitative estimate of drug-likeness (QED) is 0.219. The van der Waals surface area contributed by atoms with Gasteiger partial charge < -0.3 is 14.7 Å². The third-order valence-electron chi connectivity index (χ3n) is 5.74. The number of rotatable bonds is 9. The summed E-state index contributed by atoms with van der Waals surface area (Å²) in [6.45, 7) is 3.57. The van der Waals surface area contributed by atoms with Crippen molar-refractivity contribution in [3.63, 3.8) is 0 Å². The number of aliphatic hydroxyl groups is 1. The zero-order valence-electron chi connectivity index (χ0n) is 18.9. The topological polar surface area (TPSA) is 86.5 Å². The second kappa shape index (κ2) is 10.3. The van der Waals surface area contributed by atoms with Crippen molar-refractivity contribution in [1.82, 2.24) is 9.88 Å². The maximum Gasteiger partial charge on any atom is 0.295 e. The zero-order chi connectivity index (χ0) is 24.1. The Morgan fingerprint density at radius 1 is 1.15 bits per heavy atom. The smallest absolute Gasteiger partial charge is 0.295 e. The van der Waals surface area contributed by atoms with E-state index in [1.807, 2.05) is 24.0 Å². The lowest BCUT2D eigenvalue weighted by Gasteiger charge is -2.25. The average Bonchev–Trinajstić information content (AvgIpc) is 3.45. The predicted molar refractivity (Wildman–Crippen MR) is 123 cm³/mol. The number of aryl methyl sites for hydroxylation is 1. The van der Waals surface area contributed by atoms with Gasteiger partial charge in [0.25, 0.3) is 11.7 Å². The van der Waals surface area contributed by atoms with Gasteiger partial charge in [0.1, 0.15) is 29.7 Å². The van der Waals surface area contributed by atoms with Gasteiger partial charge in [-0.2, -0.15) is 0 Å². The first-order chi connectivity index (χ1) is 16.5. The van der Waals surface area contributed by atoms with E-state index in [4.69, 9.17) is 4.74 Å². The number of benzene rings is 2. The van der Waals surface area contributed by atoms with Gasteiger partial charge in [-0.15, -0.1) is 0 Å². The van der Waals surface area contributed by atoms with Crippen LogP contribution in [0.1, 0.15) is 36.9 Å². The number of ketones is 1. The summed E-state index contributed by atoms with van der Waals surface area (Å²) >= 11 is 0. The van der Waals surface area contributed by atoms with E-state index in [-0.39, 0.29) is 16.9 Å². The van der Waals surface area contributed by atoms with Gasteiger partial charge in [0.05, 0.1) is 24.8 Å². The number of aromatic nitrogens is 2. The first-order valence-corrected chi connectivity index (χ1v) is 11.3. The fraction of sp³-hybridized carbons (Fsp3) is 0.269. The van der Waals surface area contributed by atoms with Crippen LogP contribution in [0.25, 0.3) is 5.76 Å². The summed E-state index contributed by atoms with van der Waals surface area (Å²) in [7, 11) is 0. The van der Waals surface area contributed by atoms with E-state index >= 15 is 0 Å². The molecule has 4 rings (SSSR count). The number of aliphatic hydroxyl groups excluding tert-OH is 1. The normalized spacial score (nSPS) is 17.4. The Morgan fingerprint density at radius 3 is 2.53 bits per heavy atom. The van der Waals surface area contributed by atoms with Crippen LogP contribution in [-0.2, 0) is 16.1 Å². The number of likely N-dealkylation sites (tertiary alicyclic amines) is 1. The maximum absolute atomic E-state index is 13.4. The van der Waals surface area contributed by atoms with Gasteiger partial charge in [0.2, 0.25) is 6.33 Å². The molecule has 3 aromatic rings. The second-order valence-electron chi connectivity index (χ2n) is 8.12. The highest BCUT2D eigenvalue weighted by Gasteiger charge is 2.45. The first kappa shape index (κ1) is 23.2. The lowest BCUT2D eigenvalue weighted by Crippen LogP contribution is -2.36. The molecule has 0 spiro atoms. The molecule has 176 valence electrons. The van der Waals surface area contributed by atoms with Crippen molar-refractivity contribution < 1.29 is 28.4 Å². The molecule has 2 aromatic carbocycles. The monoisotopic (exact) mass is 464 g/mol. The Kier molecular flexibility index (Phi) is 7.06. The van der Waals surface area contributed by atoms with Gasteiger partial charge >= 0.3 is 0 Å². The Morgan fingerprint density at radius 2 is 1.88 bits per heavy atom. The first-order valence-electron chi connectivity index (χ1n) is 11.3. The van der Waals surface area contributed by atoms with Crippen molar-refractivity contribution >= 4 is 17.4 Å². The minimum absolute atomic E-state index is 0.00636. The minimum Gasteiger partial charge on any atom is -0.507 e. The third-order valence-corrected chi connectivity index (χ3v) is 5.74. The average molecular weight is 465 g/mol. The molecule has 1 fully saturated rings. The van der Waals surface area contributed by atoms with E-state index in [0.717, 1.165) is 6.42 Å². The van der Waals surface area contributed by atoms with E-state index in [1.165, 1.54) is 29.2 Å². The molecule has 0 bridgehead atoms. The van der Waals surface area contributed by atoms with Crippen LogP contribution in [-0.4, -0.2) is 39.8 Å². The predicted octanol–water partition coefficient (Wildman–Crippen LogP) is 3.74. The molecule has 1 amide bonds. The van der Waals surface area contributed by atoms with Crippen LogP contribution in [0.3, 0.4) is 0 Å². The maximum atomic E-state index is 13.4. The lowest BCUT2D eigenvalue weighted by molar-refractivity contribution is -0.695. The number of hydrogen-bond acceptors (Lipinski definition) is 4. The Labute approximate surface area is 197 Å². The molecule has 0 saturated carbocycles. The molecule has 1 aromatic heterocycles. The minimum atomic E-state index is -0.762. The standard InChI is InChI=1S/C26H26FN3O4/c1-2-16-34-21-10-6-18(7-11-21)23-22(24(31)19-4-8-20(27)9-5-19)25(32)26(33)30(23)14-3-13-29-15-12-28-17-29/h4-12,15,17,23H,2-3,13-14,16H2,1H3,(H,31,32)/p+1. The summed E-state index contributed by atoms with van der Waals surface area (Å²) in [4.78, 5) is 30.6. The molecular weight excluding hydrogens is 437 g/mol. The van der Waals surface area contributed by atoms with Crippen molar-refractivity contribution in [2.45, 2.75) is 32.4 Å². The number of carbonyl (C=O) groups is 2. The second-order valence-corrected chi connectivity index (χ2v) is 8.12. The summed E-state index contributed by atoms with van der Waals surface area (Å²) in [5, 5.41) is 11.0. The van der Waals surface area contributed by atoms with Crippen LogP contribution < -0.4 is 9.30 Å². The largest absolute Gasteiger partial charge is 0.507 e. The zero-order valence-corrected chi connectivity index (χ0v) is 18.9. The van der Waals surface area contributed by atoms with Crippen molar-refractivity contribution in [3.8, 4) is 5.75 Å². The van der Waals surface area contributed by atoms with E-state index in [1.54, 1.807) is 30.5 Å². The summed E-state index contributed by atoms with van der Waals surface area (Å²) in [5.74, 6) is -1.52. The molecule has 0 radical (unpaired) electrons. The number of imidazole rings is 1. The highest BCUT2D eigenvalue weighted by molar-refractivity contribution is 6.46. The number of carbonyl (C=O) groups excluding carboxylic acids is 2. The number of aromatic amines is 1. The van der Waals surface area contributed by atoms with Crippen LogP contribution in [0.2, 0.25) is 0 Å². The lowest BCUT2D eigenvalue weighted by atomic mass is 9.95. The Bertz CT molecular complexity index is 1170. The summed E-state index contributed by atoms with van der Waals surface area (Å²) in [6.07, 6.45) is 6.99. The number of amides is 1. The van der Waals surface area contributed by atoms with Crippen molar-refractivity contribution in [3.05, 3.63) is 89.8 Å². The van der Waals surface area contributed by atoms with E-state index in [9.17, 15) is 19.1 Å². The summed E-state index contributed by atoms with van der Waals surface area (Å²) in [5.41, 5.74) is 0.948. The third kappa shape index (κ3) is 4.85. The molecule has 34 heavy (non-hydrogen) atoms. The number of Topliss-reactive ketones (excluding diaryl/α,β-unsaturated/α-hetero) is 1. The van der Waals surface area contributed by atoms with Crippen LogP contribution in [0.15, 0.2) is 72.8 Å². The molecular formula is C26H27FN3O4+. The molecule has 2 N–H and O–H groups in total.